The summed E-state index contributed by atoms with van der Waals surface area (Å²) < 4.78 is 0. The van der Waals surface area contributed by atoms with Gasteiger partial charge in [0.2, 0.25) is 5.95 Å². The van der Waals surface area contributed by atoms with E-state index >= 15 is 0 Å². The number of aromatic nitrogens is 3. The molecule has 0 saturated heterocycles. The predicted molar refractivity (Wildman–Crippen MR) is 61.8 cm³/mol. The molecule has 0 atom stereocenters. The van der Waals surface area contributed by atoms with Gasteiger partial charge in [-0.1, -0.05) is 12.1 Å². The number of benzene rings is 1. The maximum absolute atomic E-state index is 12.0. The molecular weight excluding hydrogens is 270 g/mol. The van der Waals surface area contributed by atoms with Crippen LogP contribution >= 0.6 is 0 Å². The van der Waals surface area contributed by atoms with Crippen molar-refractivity contribution in [3.8, 4) is 0 Å². The molecule has 0 saturated carbocycles. The first-order valence-corrected chi connectivity index (χ1v) is 5.16. The summed E-state index contributed by atoms with van der Waals surface area (Å²) in [7, 11) is 0. The van der Waals surface area contributed by atoms with E-state index in [2.05, 4.69) is 20.5 Å². The van der Waals surface area contributed by atoms with Gasteiger partial charge in [-0.3, -0.25) is 20.2 Å². The van der Waals surface area contributed by atoms with Gasteiger partial charge >= 0.3 is 0 Å². The van der Waals surface area contributed by atoms with Gasteiger partial charge in [0.15, 0.2) is 0 Å². The molecule has 1 amide bonds. The smallest absolute Gasteiger partial charge is 0.282 e. The fourth-order valence-corrected chi connectivity index (χ4v) is 1.54. The van der Waals surface area contributed by atoms with E-state index in [1.807, 2.05) is 0 Å². The number of carboxylic acid groups (broad SMARTS) is 1. The summed E-state index contributed by atoms with van der Waals surface area (Å²) in [6.45, 7) is 0. The molecule has 0 aliphatic carbocycles. The fourth-order valence-electron chi connectivity index (χ4n) is 1.54. The molecular formula is C10H6N5O5-. The second-order valence-electron chi connectivity index (χ2n) is 3.53. The highest BCUT2D eigenvalue weighted by Crippen LogP contribution is 2.22. The minimum absolute atomic E-state index is 0.0718. The summed E-state index contributed by atoms with van der Waals surface area (Å²) >= 11 is 0. The largest absolute Gasteiger partial charge is 0.545 e. The zero-order valence-corrected chi connectivity index (χ0v) is 9.69. The average molecular weight is 276 g/mol. The van der Waals surface area contributed by atoms with Crippen LogP contribution < -0.4 is 10.4 Å². The molecule has 0 unspecified atom stereocenters. The molecule has 0 spiro atoms. The van der Waals surface area contributed by atoms with Gasteiger partial charge in [-0.05, 0) is 0 Å². The Morgan fingerprint density at radius 2 is 2.10 bits per heavy atom. The third kappa shape index (κ3) is 2.43. The molecule has 1 aromatic heterocycles. The predicted octanol–water partition coefficient (Wildman–Crippen LogP) is -0.671. The van der Waals surface area contributed by atoms with Gasteiger partial charge in [0.05, 0.1) is 10.9 Å². The molecule has 0 radical (unpaired) electrons. The van der Waals surface area contributed by atoms with Gasteiger partial charge in [0.1, 0.15) is 11.9 Å². The summed E-state index contributed by atoms with van der Waals surface area (Å²) in [6, 6.07) is 3.20. The summed E-state index contributed by atoms with van der Waals surface area (Å²) in [5, 5.41) is 29.8. The van der Waals surface area contributed by atoms with Crippen molar-refractivity contribution in [3.63, 3.8) is 0 Å². The molecule has 10 nitrogen and oxygen atoms in total. The first-order chi connectivity index (χ1) is 9.50. The molecule has 10 heteroatoms. The van der Waals surface area contributed by atoms with Crippen molar-refractivity contribution in [1.82, 2.24) is 15.2 Å². The number of nitrogens with zero attached hydrogens (tertiary/aromatic N) is 3. The van der Waals surface area contributed by atoms with Crippen molar-refractivity contribution in [3.05, 3.63) is 45.8 Å². The number of carboxylic acids is 1. The van der Waals surface area contributed by atoms with Crippen LogP contribution in [0.3, 0.4) is 0 Å². The van der Waals surface area contributed by atoms with Crippen LogP contribution in [0.15, 0.2) is 24.5 Å². The number of rotatable bonds is 4. The van der Waals surface area contributed by atoms with Crippen molar-refractivity contribution in [2.45, 2.75) is 0 Å². The zero-order chi connectivity index (χ0) is 14.7. The second kappa shape index (κ2) is 5.14. The van der Waals surface area contributed by atoms with Crippen molar-refractivity contribution < 1.29 is 19.6 Å². The Morgan fingerprint density at radius 3 is 2.65 bits per heavy atom. The van der Waals surface area contributed by atoms with Crippen molar-refractivity contribution in [1.29, 1.82) is 0 Å². The quantitative estimate of drug-likeness (QED) is 0.554. The van der Waals surface area contributed by atoms with Crippen molar-refractivity contribution in [2.75, 3.05) is 5.32 Å². The number of anilines is 1. The number of carbonyl (C=O) groups excluding carboxylic acids is 2. The van der Waals surface area contributed by atoms with E-state index in [0.717, 1.165) is 24.5 Å². The molecule has 102 valence electrons. The molecule has 1 heterocycles. The number of nitro benzene ring substituents is 1. The third-order valence-corrected chi connectivity index (χ3v) is 2.33. The maximum atomic E-state index is 12.0. The van der Waals surface area contributed by atoms with E-state index in [1.54, 1.807) is 0 Å². The molecule has 20 heavy (non-hydrogen) atoms. The van der Waals surface area contributed by atoms with Gasteiger partial charge < -0.3 is 9.90 Å². The van der Waals surface area contributed by atoms with E-state index in [0.29, 0.717) is 0 Å². The highest BCUT2D eigenvalue weighted by molar-refractivity contribution is 6.12. The van der Waals surface area contributed by atoms with Crippen LogP contribution in [0, 0.1) is 10.1 Å². The number of hydrogen-bond donors (Lipinski definition) is 2. The summed E-state index contributed by atoms with van der Waals surface area (Å²) in [5.41, 5.74) is -1.85. The molecule has 1 aromatic carbocycles. The molecule has 2 N–H and O–H groups in total. The minimum atomic E-state index is -1.70. The molecule has 0 aliphatic heterocycles. The zero-order valence-electron chi connectivity index (χ0n) is 9.69. The second-order valence-corrected chi connectivity index (χ2v) is 3.53. The first-order valence-electron chi connectivity index (χ1n) is 5.16. The van der Waals surface area contributed by atoms with Gasteiger partial charge in [-0.25, -0.2) is 5.10 Å². The molecule has 2 rings (SSSR count). The Kier molecular flexibility index (Phi) is 3.37. The standard InChI is InChI=1S/C10H7N5O5/c16-8(13-10-11-4-12-14-10)7-5(9(17)18)2-1-3-6(7)15(19)20/h1-4H,(H,17,18)(H2,11,12,13,14,16)/p-1. The van der Waals surface area contributed by atoms with Gasteiger partial charge in [0.25, 0.3) is 11.6 Å². The Balaban J connectivity index is 2.49. The number of amides is 1. The topological polar surface area (TPSA) is 154 Å². The van der Waals surface area contributed by atoms with Gasteiger partial charge in [-0.2, -0.15) is 10.1 Å². The Bertz CT molecular complexity index is 649. The van der Waals surface area contributed by atoms with Gasteiger partial charge in [0, 0.05) is 11.6 Å². The van der Waals surface area contributed by atoms with E-state index in [-0.39, 0.29) is 5.95 Å². The number of hydrogen-bond acceptors (Lipinski definition) is 7. The summed E-state index contributed by atoms with van der Waals surface area (Å²) in [5.74, 6) is -2.78. The molecule has 0 aliphatic rings. The minimum Gasteiger partial charge on any atom is -0.545 e. The lowest BCUT2D eigenvalue weighted by Crippen LogP contribution is -2.27. The SMILES string of the molecule is O=C([O-])c1cccc([N+](=O)[O-])c1C(=O)Nc1ncn[nH]1. The van der Waals surface area contributed by atoms with Crippen molar-refractivity contribution >= 4 is 23.5 Å². The van der Waals surface area contributed by atoms with E-state index < -0.39 is 33.6 Å². The van der Waals surface area contributed by atoms with Crippen LogP contribution in [-0.4, -0.2) is 32.0 Å². The number of carbonyl (C=O) groups is 2. The van der Waals surface area contributed by atoms with Crippen LogP contribution in [0.25, 0.3) is 0 Å². The highest BCUT2D eigenvalue weighted by atomic mass is 16.6. The lowest BCUT2D eigenvalue weighted by atomic mass is 10.0. The third-order valence-electron chi connectivity index (χ3n) is 2.33. The van der Waals surface area contributed by atoms with Gasteiger partial charge in [-0.15, -0.1) is 0 Å². The number of H-pyrrole nitrogens is 1. The van der Waals surface area contributed by atoms with Crippen molar-refractivity contribution in [2.24, 2.45) is 0 Å². The monoisotopic (exact) mass is 276 g/mol. The fraction of sp³-hybridized carbons (Fsp3) is 0. The van der Waals surface area contributed by atoms with E-state index in [1.165, 1.54) is 0 Å². The van der Waals surface area contributed by atoms with Crippen LogP contribution in [-0.2, 0) is 0 Å². The number of aromatic carboxylic acids is 1. The Labute approximate surface area is 110 Å². The lowest BCUT2D eigenvalue weighted by Gasteiger charge is -2.09. The van der Waals surface area contributed by atoms with Crippen LogP contribution in [0.2, 0.25) is 0 Å². The highest BCUT2D eigenvalue weighted by Gasteiger charge is 2.24. The van der Waals surface area contributed by atoms with Crippen LogP contribution in [0.4, 0.5) is 11.6 Å². The molecule has 0 bridgehead atoms. The summed E-state index contributed by atoms with van der Waals surface area (Å²) in [4.78, 5) is 36.5. The maximum Gasteiger partial charge on any atom is 0.282 e. The normalized spacial score (nSPS) is 10.0. The first kappa shape index (κ1) is 13.1. The van der Waals surface area contributed by atoms with E-state index in [9.17, 15) is 24.8 Å². The van der Waals surface area contributed by atoms with E-state index in [4.69, 9.17) is 0 Å². The molecule has 2 aromatic rings. The summed E-state index contributed by atoms with van der Waals surface area (Å²) in [6.07, 6.45) is 1.11. The number of nitrogens with one attached hydrogen (secondary N) is 2. The number of aromatic amines is 1. The molecule has 0 fully saturated rings. The Hall–Kier alpha value is -3.30. The van der Waals surface area contributed by atoms with Crippen LogP contribution in [0.5, 0.6) is 0 Å². The lowest BCUT2D eigenvalue weighted by molar-refractivity contribution is -0.385. The van der Waals surface area contributed by atoms with Crippen LogP contribution in [0.1, 0.15) is 20.7 Å². The number of nitro groups is 1. The Morgan fingerprint density at radius 1 is 1.35 bits per heavy atom. The average Bonchev–Trinajstić information content (AvgIpc) is 2.90.